The van der Waals surface area contributed by atoms with Gasteiger partial charge in [-0.1, -0.05) is 29.8 Å². The van der Waals surface area contributed by atoms with E-state index in [-0.39, 0.29) is 12.1 Å². The summed E-state index contributed by atoms with van der Waals surface area (Å²) in [5.74, 6) is 1.00. The smallest absolute Gasteiger partial charge is 0.340 e. The first-order valence-corrected chi connectivity index (χ1v) is 7.52. The number of rotatable bonds is 2. The van der Waals surface area contributed by atoms with Gasteiger partial charge >= 0.3 is 5.97 Å². The van der Waals surface area contributed by atoms with Crippen LogP contribution in [0.5, 0.6) is 0 Å². The van der Waals surface area contributed by atoms with Crippen LogP contribution in [0.15, 0.2) is 22.7 Å². The van der Waals surface area contributed by atoms with E-state index in [0.717, 1.165) is 23.7 Å². The van der Waals surface area contributed by atoms with E-state index in [2.05, 4.69) is 29.8 Å². The lowest BCUT2D eigenvalue weighted by atomic mass is 9.80. The molecule has 3 nitrogen and oxygen atoms in total. The van der Waals surface area contributed by atoms with Gasteiger partial charge in [0.1, 0.15) is 6.10 Å². The molecule has 1 aromatic carbocycles. The van der Waals surface area contributed by atoms with Crippen molar-refractivity contribution in [3.05, 3.63) is 28.2 Å². The zero-order valence-electron chi connectivity index (χ0n) is 11.4. The lowest BCUT2D eigenvalue weighted by Crippen LogP contribution is -2.28. The van der Waals surface area contributed by atoms with Crippen LogP contribution in [0.2, 0.25) is 0 Å². The average Bonchev–Trinajstić information content (AvgIpc) is 2.36. The highest BCUT2D eigenvalue weighted by molar-refractivity contribution is 9.10. The minimum Gasteiger partial charge on any atom is -0.459 e. The van der Waals surface area contributed by atoms with E-state index < -0.39 is 0 Å². The van der Waals surface area contributed by atoms with Gasteiger partial charge in [-0.05, 0) is 49.3 Å². The number of nitrogen functional groups attached to an aromatic ring is 1. The van der Waals surface area contributed by atoms with Gasteiger partial charge in [0.15, 0.2) is 0 Å². The molecule has 0 heterocycles. The van der Waals surface area contributed by atoms with Crippen LogP contribution in [0.4, 0.5) is 5.69 Å². The van der Waals surface area contributed by atoms with Gasteiger partial charge in [0.2, 0.25) is 0 Å². The highest BCUT2D eigenvalue weighted by Crippen LogP contribution is 2.31. The van der Waals surface area contributed by atoms with Gasteiger partial charge in [-0.15, -0.1) is 0 Å². The number of halogens is 1. The normalized spacial score (nSPS) is 27.0. The van der Waals surface area contributed by atoms with Gasteiger partial charge in [-0.25, -0.2) is 4.79 Å². The number of benzene rings is 1. The van der Waals surface area contributed by atoms with Crippen LogP contribution in [0.3, 0.4) is 0 Å². The van der Waals surface area contributed by atoms with E-state index in [1.165, 1.54) is 0 Å². The van der Waals surface area contributed by atoms with Crippen molar-refractivity contribution >= 4 is 27.6 Å². The fourth-order valence-electron chi connectivity index (χ4n) is 2.53. The van der Waals surface area contributed by atoms with E-state index in [1.807, 2.05) is 6.07 Å². The zero-order chi connectivity index (χ0) is 14.0. The molecule has 3 atom stereocenters. The van der Waals surface area contributed by atoms with Crippen LogP contribution in [0.25, 0.3) is 0 Å². The molecule has 1 saturated carbocycles. The minimum atomic E-state index is -0.314. The highest BCUT2D eigenvalue weighted by Gasteiger charge is 2.27. The molecule has 3 unspecified atom stereocenters. The molecule has 0 radical (unpaired) electrons. The van der Waals surface area contributed by atoms with Crippen molar-refractivity contribution in [3.63, 3.8) is 0 Å². The SMILES string of the molecule is CC1CCC(OC(=O)c2cc(Br)ccc2N)CC1C. The van der Waals surface area contributed by atoms with Crippen LogP contribution < -0.4 is 5.73 Å². The number of carbonyl (C=O) groups excluding carboxylic acids is 1. The number of carbonyl (C=O) groups is 1. The van der Waals surface area contributed by atoms with Crippen LogP contribution in [0.1, 0.15) is 43.5 Å². The van der Waals surface area contributed by atoms with E-state index in [9.17, 15) is 4.79 Å². The number of hydrogen-bond acceptors (Lipinski definition) is 3. The molecular formula is C15H20BrNO2. The predicted molar refractivity (Wildman–Crippen MR) is 79.9 cm³/mol. The van der Waals surface area contributed by atoms with Crippen molar-refractivity contribution in [3.8, 4) is 0 Å². The molecule has 1 fully saturated rings. The van der Waals surface area contributed by atoms with Crippen molar-refractivity contribution in [2.24, 2.45) is 11.8 Å². The quantitative estimate of drug-likeness (QED) is 0.660. The van der Waals surface area contributed by atoms with Gasteiger partial charge in [0, 0.05) is 10.2 Å². The Morgan fingerprint density at radius 1 is 1.32 bits per heavy atom. The fraction of sp³-hybridized carbons (Fsp3) is 0.533. The summed E-state index contributed by atoms with van der Waals surface area (Å²) in [6.07, 6.45) is 3.04. The number of nitrogens with two attached hydrogens (primary N) is 1. The van der Waals surface area contributed by atoms with Crippen LogP contribution in [0, 0.1) is 11.8 Å². The average molecular weight is 326 g/mol. The van der Waals surface area contributed by atoms with Crippen molar-refractivity contribution in [1.82, 2.24) is 0 Å². The molecule has 104 valence electrons. The Labute approximate surface area is 122 Å². The summed E-state index contributed by atoms with van der Waals surface area (Å²) in [6.45, 7) is 4.48. The summed E-state index contributed by atoms with van der Waals surface area (Å²) in [4.78, 5) is 12.2. The molecule has 0 amide bonds. The Bertz CT molecular complexity index is 475. The fourth-order valence-corrected chi connectivity index (χ4v) is 2.89. The molecule has 1 aromatic rings. The second-order valence-electron chi connectivity index (χ2n) is 5.53. The number of esters is 1. The summed E-state index contributed by atoms with van der Waals surface area (Å²) in [5, 5.41) is 0. The molecular weight excluding hydrogens is 306 g/mol. The third kappa shape index (κ3) is 3.50. The minimum absolute atomic E-state index is 0.0251. The maximum atomic E-state index is 12.2. The first-order valence-electron chi connectivity index (χ1n) is 6.73. The van der Waals surface area contributed by atoms with Crippen molar-refractivity contribution < 1.29 is 9.53 Å². The molecule has 0 saturated heterocycles. The van der Waals surface area contributed by atoms with Gasteiger partial charge in [0.05, 0.1) is 5.56 Å². The molecule has 1 aliphatic carbocycles. The van der Waals surface area contributed by atoms with Crippen molar-refractivity contribution in [1.29, 1.82) is 0 Å². The van der Waals surface area contributed by atoms with Crippen molar-refractivity contribution in [2.45, 2.75) is 39.2 Å². The second kappa shape index (κ2) is 5.95. The lowest BCUT2D eigenvalue weighted by Gasteiger charge is -2.31. The summed E-state index contributed by atoms with van der Waals surface area (Å²) < 4.78 is 6.42. The first kappa shape index (κ1) is 14.4. The van der Waals surface area contributed by atoms with Crippen molar-refractivity contribution in [2.75, 3.05) is 5.73 Å². The Morgan fingerprint density at radius 2 is 2.05 bits per heavy atom. The Hall–Kier alpha value is -1.03. The number of ether oxygens (including phenoxy) is 1. The summed E-state index contributed by atoms with van der Waals surface area (Å²) in [5.41, 5.74) is 6.73. The Kier molecular flexibility index (Phi) is 4.50. The molecule has 0 bridgehead atoms. The zero-order valence-corrected chi connectivity index (χ0v) is 12.9. The molecule has 4 heteroatoms. The standard InChI is InChI=1S/C15H20BrNO2/c1-9-3-5-12(7-10(9)2)19-15(18)13-8-11(16)4-6-14(13)17/h4,6,8-10,12H,3,5,7,17H2,1-2H3. The molecule has 2 N–H and O–H groups in total. The van der Waals surface area contributed by atoms with Gasteiger partial charge in [-0.3, -0.25) is 0 Å². The Morgan fingerprint density at radius 3 is 2.74 bits per heavy atom. The van der Waals surface area contributed by atoms with Gasteiger partial charge < -0.3 is 10.5 Å². The van der Waals surface area contributed by atoms with Gasteiger partial charge in [0.25, 0.3) is 0 Å². The molecule has 0 aliphatic heterocycles. The monoisotopic (exact) mass is 325 g/mol. The van der Waals surface area contributed by atoms with E-state index in [1.54, 1.807) is 12.1 Å². The molecule has 19 heavy (non-hydrogen) atoms. The third-order valence-corrected chi connectivity index (χ3v) is 4.55. The van der Waals surface area contributed by atoms with Gasteiger partial charge in [-0.2, -0.15) is 0 Å². The van der Waals surface area contributed by atoms with Crippen LogP contribution in [-0.4, -0.2) is 12.1 Å². The number of hydrogen-bond donors (Lipinski definition) is 1. The predicted octanol–water partition coefficient (Wildman–Crippen LogP) is 4.01. The maximum Gasteiger partial charge on any atom is 0.340 e. The Balaban J connectivity index is 2.03. The second-order valence-corrected chi connectivity index (χ2v) is 6.44. The maximum absolute atomic E-state index is 12.2. The molecule has 1 aliphatic rings. The largest absolute Gasteiger partial charge is 0.459 e. The molecule has 2 rings (SSSR count). The van der Waals surface area contributed by atoms with E-state index >= 15 is 0 Å². The third-order valence-electron chi connectivity index (χ3n) is 4.06. The summed E-state index contributed by atoms with van der Waals surface area (Å²) in [7, 11) is 0. The van der Waals surface area contributed by atoms with E-state index in [0.29, 0.717) is 23.1 Å². The summed E-state index contributed by atoms with van der Waals surface area (Å²) in [6, 6.07) is 5.25. The number of anilines is 1. The summed E-state index contributed by atoms with van der Waals surface area (Å²) >= 11 is 3.34. The molecule has 0 aromatic heterocycles. The lowest BCUT2D eigenvalue weighted by molar-refractivity contribution is 0.00889. The molecule has 0 spiro atoms. The first-order chi connectivity index (χ1) is 8.97. The van der Waals surface area contributed by atoms with Crippen LogP contribution in [-0.2, 0) is 4.74 Å². The van der Waals surface area contributed by atoms with E-state index in [4.69, 9.17) is 10.5 Å². The van der Waals surface area contributed by atoms with Crippen LogP contribution >= 0.6 is 15.9 Å². The topological polar surface area (TPSA) is 52.3 Å². The highest BCUT2D eigenvalue weighted by atomic mass is 79.9.